The van der Waals surface area contributed by atoms with E-state index < -0.39 is 11.9 Å². The monoisotopic (exact) mass is 285 g/mol. The van der Waals surface area contributed by atoms with Gasteiger partial charge in [0.25, 0.3) is 0 Å². The van der Waals surface area contributed by atoms with E-state index in [1.54, 1.807) is 18.2 Å². The minimum Gasteiger partial charge on any atom is -0.384 e. The summed E-state index contributed by atoms with van der Waals surface area (Å²) in [5.74, 6) is -1.03. The quantitative estimate of drug-likeness (QED) is 0.908. The number of carbonyl (C=O) groups is 1. The van der Waals surface area contributed by atoms with Crippen molar-refractivity contribution in [2.24, 2.45) is 0 Å². The summed E-state index contributed by atoms with van der Waals surface area (Å²) in [6.07, 6.45) is -0.303. The van der Waals surface area contributed by atoms with Crippen LogP contribution in [0.25, 0.3) is 0 Å². The molecule has 4 heteroatoms. The molecule has 0 saturated carbocycles. The Morgan fingerprint density at radius 2 is 1.95 bits per heavy atom. The molecule has 0 saturated heterocycles. The van der Waals surface area contributed by atoms with E-state index in [4.69, 9.17) is 0 Å². The molecule has 1 aliphatic heterocycles. The van der Waals surface area contributed by atoms with Crippen LogP contribution in [0.4, 0.5) is 10.1 Å². The molecule has 2 atom stereocenters. The minimum absolute atomic E-state index is 0.183. The molecule has 2 unspecified atom stereocenters. The Morgan fingerprint density at radius 1 is 1.24 bits per heavy atom. The number of aliphatic hydroxyl groups excluding tert-OH is 1. The second-order valence-electron chi connectivity index (χ2n) is 5.23. The van der Waals surface area contributed by atoms with E-state index in [1.807, 2.05) is 25.1 Å². The van der Waals surface area contributed by atoms with Gasteiger partial charge in [-0.3, -0.25) is 4.79 Å². The summed E-state index contributed by atoms with van der Waals surface area (Å²) in [4.78, 5) is 11.8. The SMILES string of the molecule is CCC1C(=O)Nc2c(F)cc(C(O)c3ccccc3)cc21. The molecule has 3 nitrogen and oxygen atoms in total. The number of rotatable bonds is 3. The van der Waals surface area contributed by atoms with Crippen molar-refractivity contribution in [3.63, 3.8) is 0 Å². The fourth-order valence-electron chi connectivity index (χ4n) is 2.80. The van der Waals surface area contributed by atoms with Crippen LogP contribution in [-0.4, -0.2) is 11.0 Å². The van der Waals surface area contributed by atoms with Crippen LogP contribution < -0.4 is 5.32 Å². The maximum Gasteiger partial charge on any atom is 0.232 e. The number of nitrogens with one attached hydrogen (secondary N) is 1. The van der Waals surface area contributed by atoms with Crippen LogP contribution in [0.3, 0.4) is 0 Å². The third-order valence-corrected chi connectivity index (χ3v) is 3.92. The molecule has 0 radical (unpaired) electrons. The van der Waals surface area contributed by atoms with E-state index in [-0.39, 0.29) is 17.5 Å². The first-order valence-corrected chi connectivity index (χ1v) is 6.99. The molecule has 0 aliphatic carbocycles. The molecular formula is C17H16FNO2. The fraction of sp³-hybridized carbons (Fsp3) is 0.235. The lowest BCUT2D eigenvalue weighted by molar-refractivity contribution is -0.117. The lowest BCUT2D eigenvalue weighted by Gasteiger charge is -2.14. The Bertz CT molecular complexity index is 685. The topological polar surface area (TPSA) is 49.3 Å². The van der Waals surface area contributed by atoms with Crippen LogP contribution in [0.2, 0.25) is 0 Å². The van der Waals surface area contributed by atoms with Crippen LogP contribution in [0.5, 0.6) is 0 Å². The number of hydrogen-bond donors (Lipinski definition) is 2. The molecule has 0 aromatic heterocycles. The van der Waals surface area contributed by atoms with Crippen molar-refractivity contribution in [1.82, 2.24) is 0 Å². The number of hydrogen-bond acceptors (Lipinski definition) is 2. The van der Waals surface area contributed by atoms with E-state index in [9.17, 15) is 14.3 Å². The lowest BCUT2D eigenvalue weighted by Crippen LogP contribution is -2.10. The second-order valence-corrected chi connectivity index (χ2v) is 5.23. The Labute approximate surface area is 122 Å². The first-order valence-electron chi connectivity index (χ1n) is 6.99. The summed E-state index contributed by atoms with van der Waals surface area (Å²) in [5, 5.41) is 13.0. The largest absolute Gasteiger partial charge is 0.384 e. The number of fused-ring (bicyclic) bond motifs is 1. The van der Waals surface area contributed by atoms with Crippen LogP contribution in [0, 0.1) is 5.82 Å². The van der Waals surface area contributed by atoms with Crippen molar-refractivity contribution >= 4 is 11.6 Å². The Balaban J connectivity index is 2.05. The highest BCUT2D eigenvalue weighted by Crippen LogP contribution is 2.39. The molecule has 21 heavy (non-hydrogen) atoms. The van der Waals surface area contributed by atoms with Gasteiger partial charge in [0.15, 0.2) is 0 Å². The maximum absolute atomic E-state index is 14.2. The summed E-state index contributed by atoms with van der Waals surface area (Å²) in [7, 11) is 0. The van der Waals surface area contributed by atoms with Crippen LogP contribution >= 0.6 is 0 Å². The maximum atomic E-state index is 14.2. The molecule has 108 valence electrons. The normalized spacial score (nSPS) is 18.2. The highest BCUT2D eigenvalue weighted by molar-refractivity contribution is 6.03. The van der Waals surface area contributed by atoms with Crippen LogP contribution in [0.1, 0.15) is 42.1 Å². The van der Waals surface area contributed by atoms with Gasteiger partial charge in [-0.1, -0.05) is 37.3 Å². The van der Waals surface area contributed by atoms with Crippen molar-refractivity contribution < 1.29 is 14.3 Å². The average molecular weight is 285 g/mol. The van der Waals surface area contributed by atoms with Gasteiger partial charge >= 0.3 is 0 Å². The molecule has 1 aliphatic rings. The predicted octanol–water partition coefficient (Wildman–Crippen LogP) is 3.35. The van der Waals surface area contributed by atoms with Gasteiger partial charge in [-0.15, -0.1) is 0 Å². The van der Waals surface area contributed by atoms with Crippen LogP contribution in [-0.2, 0) is 4.79 Å². The van der Waals surface area contributed by atoms with Gasteiger partial charge in [-0.05, 0) is 35.2 Å². The van der Waals surface area contributed by atoms with Crippen molar-refractivity contribution in [3.05, 3.63) is 65.0 Å². The molecule has 1 amide bonds. The zero-order valence-electron chi connectivity index (χ0n) is 11.6. The molecule has 2 aromatic carbocycles. The summed E-state index contributed by atoms with van der Waals surface area (Å²) in [6.45, 7) is 1.89. The van der Waals surface area contributed by atoms with E-state index in [0.29, 0.717) is 23.1 Å². The van der Waals surface area contributed by atoms with Gasteiger partial charge in [0.1, 0.15) is 11.9 Å². The number of amides is 1. The molecule has 2 N–H and O–H groups in total. The first-order chi connectivity index (χ1) is 10.1. The number of carbonyl (C=O) groups excluding carboxylic acids is 1. The van der Waals surface area contributed by atoms with E-state index in [1.165, 1.54) is 6.07 Å². The molecule has 3 rings (SSSR count). The third-order valence-electron chi connectivity index (χ3n) is 3.92. The van der Waals surface area contributed by atoms with Crippen LogP contribution in [0.15, 0.2) is 42.5 Å². The van der Waals surface area contributed by atoms with Gasteiger partial charge in [-0.2, -0.15) is 0 Å². The smallest absolute Gasteiger partial charge is 0.232 e. The van der Waals surface area contributed by atoms with Crippen molar-refractivity contribution in [1.29, 1.82) is 0 Å². The minimum atomic E-state index is -0.904. The van der Waals surface area contributed by atoms with Gasteiger partial charge in [-0.25, -0.2) is 4.39 Å². The van der Waals surface area contributed by atoms with Crippen molar-refractivity contribution in [2.75, 3.05) is 5.32 Å². The first kappa shape index (κ1) is 13.8. The number of anilines is 1. The summed E-state index contributed by atoms with van der Waals surface area (Å²) >= 11 is 0. The fourth-order valence-corrected chi connectivity index (χ4v) is 2.80. The molecule has 0 spiro atoms. The van der Waals surface area contributed by atoms with E-state index in [0.717, 1.165) is 0 Å². The van der Waals surface area contributed by atoms with Crippen molar-refractivity contribution in [3.8, 4) is 0 Å². The predicted molar refractivity (Wildman–Crippen MR) is 78.6 cm³/mol. The zero-order chi connectivity index (χ0) is 15.0. The Kier molecular flexibility index (Phi) is 3.47. The lowest BCUT2D eigenvalue weighted by atomic mass is 9.93. The second kappa shape index (κ2) is 5.30. The summed E-state index contributed by atoms with van der Waals surface area (Å²) in [5.41, 5.74) is 2.04. The van der Waals surface area contributed by atoms with Gasteiger partial charge in [0.2, 0.25) is 5.91 Å². The van der Waals surface area contributed by atoms with E-state index in [2.05, 4.69) is 5.32 Å². The standard InChI is InChI=1S/C17H16FNO2/c1-2-12-13-8-11(9-14(18)15(13)19-17(12)21)16(20)10-6-4-3-5-7-10/h3-9,12,16,20H,2H2,1H3,(H,19,21). The van der Waals surface area contributed by atoms with Crippen molar-refractivity contribution in [2.45, 2.75) is 25.4 Å². The number of halogens is 1. The third kappa shape index (κ3) is 2.32. The summed E-state index contributed by atoms with van der Waals surface area (Å²) in [6, 6.07) is 12.1. The molecular weight excluding hydrogens is 269 g/mol. The molecule has 0 bridgehead atoms. The number of aliphatic hydroxyl groups is 1. The molecule has 0 fully saturated rings. The Morgan fingerprint density at radius 3 is 2.62 bits per heavy atom. The molecule has 1 heterocycles. The van der Waals surface area contributed by atoms with Gasteiger partial charge in [0, 0.05) is 0 Å². The summed E-state index contributed by atoms with van der Waals surface area (Å²) < 4.78 is 14.2. The zero-order valence-corrected chi connectivity index (χ0v) is 11.6. The Hall–Kier alpha value is -2.20. The molecule has 2 aromatic rings. The van der Waals surface area contributed by atoms with E-state index >= 15 is 0 Å². The van der Waals surface area contributed by atoms with Gasteiger partial charge in [0.05, 0.1) is 11.6 Å². The highest BCUT2D eigenvalue weighted by atomic mass is 19.1. The van der Waals surface area contributed by atoms with Gasteiger partial charge < -0.3 is 10.4 Å². The number of benzene rings is 2. The highest BCUT2D eigenvalue weighted by Gasteiger charge is 2.32. The average Bonchev–Trinajstić information content (AvgIpc) is 2.83.